The van der Waals surface area contributed by atoms with Gasteiger partial charge in [0.1, 0.15) is 0 Å². The molecule has 0 atom stereocenters. The third-order valence-electron chi connectivity index (χ3n) is 4.59. The number of hydrogen-bond donors (Lipinski definition) is 1. The van der Waals surface area contributed by atoms with E-state index in [9.17, 15) is 9.59 Å². The second-order valence-electron chi connectivity index (χ2n) is 7.64. The smallest absolute Gasteiger partial charge is 0.279 e. The Morgan fingerprint density at radius 2 is 1.82 bits per heavy atom. The van der Waals surface area contributed by atoms with Gasteiger partial charge in [-0.2, -0.15) is 0 Å². The van der Waals surface area contributed by atoms with Gasteiger partial charge < -0.3 is 14.8 Å². The van der Waals surface area contributed by atoms with E-state index in [0.29, 0.717) is 45.6 Å². The lowest BCUT2D eigenvalue weighted by atomic mass is 9.95. The van der Waals surface area contributed by atoms with Crippen LogP contribution in [0.3, 0.4) is 0 Å². The van der Waals surface area contributed by atoms with Gasteiger partial charge in [0.25, 0.3) is 11.8 Å². The fourth-order valence-corrected chi connectivity index (χ4v) is 3.23. The molecule has 4 rings (SSSR count). The highest BCUT2D eigenvalue weighted by atomic mass is 35.5. The highest BCUT2D eigenvalue weighted by molar-refractivity contribution is 6.30. The van der Waals surface area contributed by atoms with Crippen LogP contribution in [0, 0.1) is 5.41 Å². The van der Waals surface area contributed by atoms with Gasteiger partial charge in [0, 0.05) is 26.9 Å². The van der Waals surface area contributed by atoms with E-state index in [-0.39, 0.29) is 17.2 Å². The Morgan fingerprint density at radius 1 is 1.14 bits per heavy atom. The molecule has 1 N–H and O–H groups in total. The molecule has 2 aromatic carbocycles. The van der Waals surface area contributed by atoms with Gasteiger partial charge in [0.15, 0.2) is 6.29 Å². The average Bonchev–Trinajstić information content (AvgIpc) is 2.98. The van der Waals surface area contributed by atoms with Crippen LogP contribution >= 0.6 is 11.6 Å². The number of nitrogens with one attached hydrogen (secondary N) is 1. The molecular weight excluding hydrogens is 380 g/mol. The maximum absolute atomic E-state index is 12.4. The van der Waals surface area contributed by atoms with E-state index in [1.165, 1.54) is 0 Å². The van der Waals surface area contributed by atoms with Gasteiger partial charge >= 0.3 is 0 Å². The predicted molar refractivity (Wildman–Crippen MR) is 105 cm³/mol. The number of amides is 2. The molecule has 0 aliphatic carbocycles. The van der Waals surface area contributed by atoms with Crippen molar-refractivity contribution in [3.8, 4) is 0 Å². The normalized spacial score (nSPS) is 18.5. The van der Waals surface area contributed by atoms with Crippen LogP contribution in [-0.4, -0.2) is 31.3 Å². The van der Waals surface area contributed by atoms with E-state index >= 15 is 0 Å². The molecule has 7 heteroatoms. The summed E-state index contributed by atoms with van der Waals surface area (Å²) in [5, 5.41) is 4.55. The van der Waals surface area contributed by atoms with Crippen LogP contribution in [0.5, 0.6) is 0 Å². The van der Waals surface area contributed by atoms with Crippen molar-refractivity contribution in [2.45, 2.75) is 20.1 Å². The number of ether oxygens (including phenoxy) is 2. The van der Waals surface area contributed by atoms with Crippen LogP contribution in [0.1, 0.15) is 24.2 Å². The number of benzene rings is 2. The molecule has 2 aliphatic heterocycles. The molecule has 6 nitrogen and oxygen atoms in total. The molecule has 144 valence electrons. The number of rotatable bonds is 3. The minimum Gasteiger partial charge on any atom is -0.348 e. The van der Waals surface area contributed by atoms with Crippen molar-refractivity contribution in [2.75, 3.05) is 18.5 Å². The molecule has 28 heavy (non-hydrogen) atoms. The van der Waals surface area contributed by atoms with Gasteiger partial charge in [-0.25, -0.2) is 4.99 Å². The van der Waals surface area contributed by atoms with E-state index in [4.69, 9.17) is 21.1 Å². The van der Waals surface area contributed by atoms with E-state index in [0.717, 1.165) is 0 Å². The monoisotopic (exact) mass is 398 g/mol. The van der Waals surface area contributed by atoms with Gasteiger partial charge in [-0.15, -0.1) is 0 Å². The molecule has 0 unspecified atom stereocenters. The first-order chi connectivity index (χ1) is 13.3. The van der Waals surface area contributed by atoms with E-state index in [1.807, 2.05) is 13.8 Å². The quantitative estimate of drug-likeness (QED) is 0.860. The second-order valence-corrected chi connectivity index (χ2v) is 8.08. The Balaban J connectivity index is 1.63. The summed E-state index contributed by atoms with van der Waals surface area (Å²) in [5.41, 5.74) is 1.30. The SMILES string of the molecule is CC1(C)COC(C2=c3cc(NC(=O)c4ccc(Cl)cc4)ccc3=NC2=O)OC1. The first-order valence-corrected chi connectivity index (χ1v) is 9.28. The number of halogens is 1. The lowest BCUT2D eigenvalue weighted by molar-refractivity contribution is -0.193. The number of hydrogen-bond acceptors (Lipinski definition) is 4. The van der Waals surface area contributed by atoms with Gasteiger partial charge in [-0.1, -0.05) is 25.4 Å². The summed E-state index contributed by atoms with van der Waals surface area (Å²) in [4.78, 5) is 28.9. The maximum atomic E-state index is 12.4. The van der Waals surface area contributed by atoms with Crippen LogP contribution in [0.4, 0.5) is 5.69 Å². The molecule has 1 fully saturated rings. The standard InChI is InChI=1S/C21H19ClN2O4/c1-21(2)10-27-20(28-11-21)17-15-9-14(7-8-16(15)24-19(17)26)23-18(25)12-3-5-13(22)6-4-12/h3-9,20H,10-11H2,1-2H3,(H,23,25). The van der Waals surface area contributed by atoms with Crippen molar-refractivity contribution in [3.63, 3.8) is 0 Å². The van der Waals surface area contributed by atoms with Crippen molar-refractivity contribution >= 4 is 34.7 Å². The molecule has 2 amide bonds. The summed E-state index contributed by atoms with van der Waals surface area (Å²) in [5.74, 6) is -0.646. The molecule has 0 saturated carbocycles. The molecule has 0 radical (unpaired) electrons. The van der Waals surface area contributed by atoms with Crippen molar-refractivity contribution in [1.29, 1.82) is 0 Å². The van der Waals surface area contributed by atoms with E-state index < -0.39 is 6.29 Å². The number of nitrogens with zero attached hydrogens (tertiary/aromatic N) is 1. The predicted octanol–water partition coefficient (Wildman–Crippen LogP) is 2.30. The van der Waals surface area contributed by atoms with Crippen LogP contribution in [0.15, 0.2) is 47.5 Å². The molecule has 0 spiro atoms. The molecule has 2 aliphatic rings. The second kappa shape index (κ2) is 7.13. The van der Waals surface area contributed by atoms with Crippen LogP contribution in [0.2, 0.25) is 5.02 Å². The number of carbonyl (C=O) groups is 2. The van der Waals surface area contributed by atoms with Gasteiger partial charge in [-0.3, -0.25) is 9.59 Å². The lowest BCUT2D eigenvalue weighted by Gasteiger charge is -2.34. The first kappa shape index (κ1) is 18.8. The van der Waals surface area contributed by atoms with Gasteiger partial charge in [0.2, 0.25) is 0 Å². The summed E-state index contributed by atoms with van der Waals surface area (Å²) in [7, 11) is 0. The summed E-state index contributed by atoms with van der Waals surface area (Å²) in [6.45, 7) is 5.04. The molecule has 0 aromatic heterocycles. The summed E-state index contributed by atoms with van der Waals surface area (Å²) in [6, 6.07) is 11.7. The molecule has 0 bridgehead atoms. The molecule has 1 saturated heterocycles. The zero-order valence-corrected chi connectivity index (χ0v) is 16.2. The highest BCUT2D eigenvalue weighted by Crippen LogP contribution is 2.27. The summed E-state index contributed by atoms with van der Waals surface area (Å²) in [6.07, 6.45) is -0.757. The number of carbonyl (C=O) groups excluding carboxylic acids is 2. The Bertz CT molecular complexity index is 1070. The van der Waals surface area contributed by atoms with E-state index in [2.05, 4.69) is 10.3 Å². The molecule has 2 heterocycles. The maximum Gasteiger partial charge on any atom is 0.279 e. The number of anilines is 1. The van der Waals surface area contributed by atoms with Crippen molar-refractivity contribution in [2.24, 2.45) is 10.4 Å². The largest absolute Gasteiger partial charge is 0.348 e. The fraction of sp³-hybridized carbons (Fsp3) is 0.286. The molecular formula is C21H19ClN2O4. The van der Waals surface area contributed by atoms with Crippen molar-refractivity contribution < 1.29 is 19.1 Å². The highest BCUT2D eigenvalue weighted by Gasteiger charge is 2.34. The van der Waals surface area contributed by atoms with Gasteiger partial charge in [-0.05, 0) is 42.5 Å². The van der Waals surface area contributed by atoms with E-state index in [1.54, 1.807) is 42.5 Å². The van der Waals surface area contributed by atoms with Crippen LogP contribution in [0.25, 0.3) is 5.57 Å². The van der Waals surface area contributed by atoms with Crippen molar-refractivity contribution in [3.05, 3.63) is 63.6 Å². The van der Waals surface area contributed by atoms with Crippen LogP contribution in [-0.2, 0) is 14.3 Å². The summed E-state index contributed by atoms with van der Waals surface area (Å²) >= 11 is 5.86. The van der Waals surface area contributed by atoms with Gasteiger partial charge in [0.05, 0.1) is 24.1 Å². The minimum absolute atomic E-state index is 0.104. The Kier molecular flexibility index (Phi) is 4.79. The Morgan fingerprint density at radius 3 is 2.50 bits per heavy atom. The molecule has 2 aromatic rings. The minimum atomic E-state index is -0.757. The zero-order chi connectivity index (χ0) is 19.9. The van der Waals surface area contributed by atoms with Crippen molar-refractivity contribution in [1.82, 2.24) is 0 Å². The fourth-order valence-electron chi connectivity index (χ4n) is 3.10. The number of fused-ring (bicyclic) bond motifs is 1. The Hall–Kier alpha value is -2.54. The lowest BCUT2D eigenvalue weighted by Crippen LogP contribution is -2.41. The zero-order valence-electron chi connectivity index (χ0n) is 15.5. The third-order valence-corrected chi connectivity index (χ3v) is 4.84. The topological polar surface area (TPSA) is 77.0 Å². The third kappa shape index (κ3) is 3.71. The van der Waals surface area contributed by atoms with Crippen LogP contribution < -0.4 is 15.9 Å². The first-order valence-electron chi connectivity index (χ1n) is 8.90. The summed E-state index contributed by atoms with van der Waals surface area (Å²) < 4.78 is 11.5. The Labute approximate surface area is 166 Å². The average molecular weight is 399 g/mol.